The molecule has 0 radical (unpaired) electrons. The van der Waals surface area contributed by atoms with Crippen molar-refractivity contribution in [3.8, 4) is 0 Å². The summed E-state index contributed by atoms with van der Waals surface area (Å²) in [5.74, 6) is -0.838. The van der Waals surface area contributed by atoms with E-state index in [1.165, 1.54) is 193 Å². The molecule has 0 aromatic heterocycles. The number of nitrogens with two attached hydrogens (primary N) is 1. The predicted octanol–water partition coefficient (Wildman–Crippen LogP) is 19.0. The number of phosphoric acid groups is 1. The highest BCUT2D eigenvalue weighted by atomic mass is 31.2. The van der Waals surface area contributed by atoms with Crippen molar-refractivity contribution in [1.82, 2.24) is 0 Å². The third-order valence-corrected chi connectivity index (χ3v) is 14.2. The summed E-state index contributed by atoms with van der Waals surface area (Å²) in [6, 6.07) is 0. The first kappa shape index (κ1) is 69.0. The van der Waals surface area contributed by atoms with Gasteiger partial charge in [0.1, 0.15) is 6.61 Å². The van der Waals surface area contributed by atoms with Gasteiger partial charge < -0.3 is 20.1 Å². The first-order valence-electron chi connectivity index (χ1n) is 30.1. The smallest absolute Gasteiger partial charge is 0.462 e. The van der Waals surface area contributed by atoms with Crippen LogP contribution < -0.4 is 5.73 Å². The second-order valence-corrected chi connectivity index (χ2v) is 21.6. The molecule has 9 nitrogen and oxygen atoms in total. The molecule has 0 rings (SSSR count). The summed E-state index contributed by atoms with van der Waals surface area (Å²) in [5, 5.41) is 0. The molecule has 71 heavy (non-hydrogen) atoms. The van der Waals surface area contributed by atoms with Crippen LogP contribution >= 0.6 is 7.82 Å². The van der Waals surface area contributed by atoms with Gasteiger partial charge in [0, 0.05) is 19.4 Å². The summed E-state index contributed by atoms with van der Waals surface area (Å²) in [6.45, 7) is 3.64. The number of carbonyl (C=O) groups is 2. The van der Waals surface area contributed by atoms with Crippen LogP contribution in [0.2, 0.25) is 0 Å². The predicted molar refractivity (Wildman–Crippen MR) is 303 cm³/mol. The third-order valence-electron chi connectivity index (χ3n) is 13.2. The molecular weight excluding hydrogens is 906 g/mol. The molecule has 0 bridgehead atoms. The van der Waals surface area contributed by atoms with Gasteiger partial charge in [-0.15, -0.1) is 0 Å². The van der Waals surface area contributed by atoms with E-state index in [0.29, 0.717) is 6.42 Å². The fraction of sp³-hybridized carbons (Fsp3) is 0.836. The fourth-order valence-electron chi connectivity index (χ4n) is 8.77. The van der Waals surface area contributed by atoms with Gasteiger partial charge in [-0.2, -0.15) is 0 Å². The Hall–Kier alpha value is -2.03. The summed E-state index contributed by atoms with van der Waals surface area (Å²) < 4.78 is 33.0. The molecule has 0 heterocycles. The Bertz CT molecular complexity index is 1300. The van der Waals surface area contributed by atoms with E-state index in [1.54, 1.807) is 0 Å². The molecule has 0 amide bonds. The van der Waals surface area contributed by atoms with E-state index in [0.717, 1.165) is 70.6 Å². The molecule has 3 N–H and O–H groups in total. The number of unbranched alkanes of at least 4 members (excludes halogenated alkanes) is 36. The van der Waals surface area contributed by atoms with Crippen molar-refractivity contribution >= 4 is 19.8 Å². The van der Waals surface area contributed by atoms with Crippen LogP contribution in [0.15, 0.2) is 48.6 Å². The Morgan fingerprint density at radius 2 is 0.775 bits per heavy atom. The van der Waals surface area contributed by atoms with E-state index < -0.39 is 26.5 Å². The second-order valence-electron chi connectivity index (χ2n) is 20.2. The molecular formula is C61H114NO8P. The van der Waals surface area contributed by atoms with E-state index >= 15 is 0 Å². The van der Waals surface area contributed by atoms with Gasteiger partial charge in [-0.3, -0.25) is 18.6 Å². The van der Waals surface area contributed by atoms with E-state index in [9.17, 15) is 19.0 Å². The first-order chi connectivity index (χ1) is 34.8. The summed E-state index contributed by atoms with van der Waals surface area (Å²) in [6.07, 6.45) is 70.6. The molecule has 0 aliphatic carbocycles. The zero-order chi connectivity index (χ0) is 51.7. The van der Waals surface area contributed by atoms with Gasteiger partial charge in [0.2, 0.25) is 0 Å². The number of ether oxygens (including phenoxy) is 2. The second kappa shape index (κ2) is 57.3. The Kier molecular flexibility index (Phi) is 55.6. The zero-order valence-corrected chi connectivity index (χ0v) is 47.4. The Balaban J connectivity index is 3.79. The molecule has 0 fully saturated rings. The Morgan fingerprint density at radius 3 is 1.17 bits per heavy atom. The van der Waals surface area contributed by atoms with Gasteiger partial charge >= 0.3 is 19.8 Å². The van der Waals surface area contributed by atoms with E-state index in [1.807, 2.05) is 0 Å². The standard InChI is InChI=1S/C61H114NO8P/c1-3-5-7-9-11-13-15-17-19-20-21-22-23-24-25-26-27-28-29-30-31-32-33-34-35-36-37-38-40-41-43-45-47-49-51-53-60(63)67-57-59(58-69-71(65,66)68-56-55-62)70-61(64)54-52-50-48-46-44-42-39-18-16-14-12-10-8-6-4-2/h6,8,12,14,18,20-21,39,59H,3-5,7,9-11,13,15-17,19,22-38,40-58,62H2,1-2H3,(H,65,66)/b8-6-,14-12-,21-20-,39-18-. The molecule has 416 valence electrons. The minimum Gasteiger partial charge on any atom is -0.462 e. The zero-order valence-electron chi connectivity index (χ0n) is 46.5. The highest BCUT2D eigenvalue weighted by Gasteiger charge is 2.26. The van der Waals surface area contributed by atoms with Crippen molar-refractivity contribution in [2.45, 2.75) is 302 Å². The molecule has 0 aromatic carbocycles. The largest absolute Gasteiger partial charge is 0.472 e. The molecule has 0 aliphatic rings. The topological polar surface area (TPSA) is 134 Å². The highest BCUT2D eigenvalue weighted by Crippen LogP contribution is 2.43. The highest BCUT2D eigenvalue weighted by molar-refractivity contribution is 7.47. The van der Waals surface area contributed by atoms with Crippen LogP contribution in [0.5, 0.6) is 0 Å². The quantitative estimate of drug-likeness (QED) is 0.0264. The number of esters is 2. The molecule has 2 atom stereocenters. The van der Waals surface area contributed by atoms with E-state index in [-0.39, 0.29) is 38.6 Å². The molecule has 0 aliphatic heterocycles. The Labute approximate surface area is 438 Å². The lowest BCUT2D eigenvalue weighted by Gasteiger charge is -2.19. The van der Waals surface area contributed by atoms with Gasteiger partial charge in [-0.1, -0.05) is 262 Å². The van der Waals surface area contributed by atoms with Crippen LogP contribution in [-0.4, -0.2) is 49.3 Å². The van der Waals surface area contributed by atoms with Gasteiger partial charge in [-0.25, -0.2) is 4.57 Å². The minimum absolute atomic E-state index is 0.0503. The first-order valence-corrected chi connectivity index (χ1v) is 31.6. The minimum atomic E-state index is -4.39. The average molecular weight is 1020 g/mol. The van der Waals surface area contributed by atoms with Crippen molar-refractivity contribution in [2.75, 3.05) is 26.4 Å². The number of phosphoric ester groups is 1. The molecule has 0 spiro atoms. The van der Waals surface area contributed by atoms with Crippen LogP contribution in [-0.2, 0) is 32.7 Å². The molecule has 0 aromatic rings. The van der Waals surface area contributed by atoms with Crippen molar-refractivity contribution in [2.24, 2.45) is 5.73 Å². The maximum atomic E-state index is 12.6. The van der Waals surface area contributed by atoms with Gasteiger partial charge in [0.05, 0.1) is 13.2 Å². The molecule has 0 saturated heterocycles. The maximum Gasteiger partial charge on any atom is 0.472 e. The van der Waals surface area contributed by atoms with Crippen LogP contribution in [0.25, 0.3) is 0 Å². The average Bonchev–Trinajstić information content (AvgIpc) is 3.36. The van der Waals surface area contributed by atoms with Gasteiger partial charge in [0.15, 0.2) is 6.10 Å². The number of hydrogen-bond donors (Lipinski definition) is 2. The normalized spacial score (nSPS) is 13.4. The van der Waals surface area contributed by atoms with Crippen molar-refractivity contribution in [3.63, 3.8) is 0 Å². The van der Waals surface area contributed by atoms with Crippen LogP contribution in [0.3, 0.4) is 0 Å². The number of carbonyl (C=O) groups excluding carboxylic acids is 2. The van der Waals surface area contributed by atoms with Crippen molar-refractivity contribution in [1.29, 1.82) is 0 Å². The van der Waals surface area contributed by atoms with Crippen molar-refractivity contribution in [3.05, 3.63) is 48.6 Å². The number of rotatable bonds is 57. The lowest BCUT2D eigenvalue weighted by molar-refractivity contribution is -0.161. The van der Waals surface area contributed by atoms with E-state index in [2.05, 4.69) is 62.5 Å². The summed E-state index contributed by atoms with van der Waals surface area (Å²) in [4.78, 5) is 35.1. The van der Waals surface area contributed by atoms with E-state index in [4.69, 9.17) is 24.3 Å². The van der Waals surface area contributed by atoms with Crippen LogP contribution in [0.4, 0.5) is 0 Å². The maximum absolute atomic E-state index is 12.6. The summed E-state index contributed by atoms with van der Waals surface area (Å²) >= 11 is 0. The molecule has 0 saturated carbocycles. The fourth-order valence-corrected chi connectivity index (χ4v) is 9.53. The molecule has 10 heteroatoms. The molecule has 2 unspecified atom stereocenters. The van der Waals surface area contributed by atoms with Crippen LogP contribution in [0, 0.1) is 0 Å². The number of hydrogen-bond acceptors (Lipinski definition) is 8. The SMILES string of the molecule is CC/C=C\C/C=C\C/C=C\CCCCCCCC(=O)OC(COC(=O)CCCCCCCCCCCCCCCCCCCCCCCCC/C=C\CCCCCCCCCC)COP(=O)(O)OCCN. The Morgan fingerprint density at radius 1 is 0.437 bits per heavy atom. The number of allylic oxidation sites excluding steroid dienone is 8. The van der Waals surface area contributed by atoms with Crippen molar-refractivity contribution < 1.29 is 37.6 Å². The summed E-state index contributed by atoms with van der Waals surface area (Å²) in [7, 11) is -4.39. The third kappa shape index (κ3) is 57.1. The summed E-state index contributed by atoms with van der Waals surface area (Å²) in [5.41, 5.74) is 5.37. The monoisotopic (exact) mass is 1020 g/mol. The van der Waals surface area contributed by atoms with Gasteiger partial charge in [-0.05, 0) is 70.6 Å². The van der Waals surface area contributed by atoms with Gasteiger partial charge in [0.25, 0.3) is 0 Å². The van der Waals surface area contributed by atoms with Crippen LogP contribution in [0.1, 0.15) is 296 Å². The lowest BCUT2D eigenvalue weighted by Crippen LogP contribution is -2.29. The lowest BCUT2D eigenvalue weighted by atomic mass is 10.0.